The van der Waals surface area contributed by atoms with Crippen LogP contribution >= 0.6 is 0 Å². The maximum atomic E-state index is 12.9. The average molecular weight is 1130 g/mol. The molecule has 1 N–H and O–H groups in total. The van der Waals surface area contributed by atoms with E-state index >= 15 is 0 Å². The van der Waals surface area contributed by atoms with Crippen molar-refractivity contribution in [2.24, 2.45) is 0 Å². The van der Waals surface area contributed by atoms with Crippen LogP contribution in [0, 0.1) is 0 Å². The van der Waals surface area contributed by atoms with Gasteiger partial charge in [-0.05, 0) is 51.4 Å². The largest absolute Gasteiger partial charge is 0.477 e. The molecule has 0 aliphatic rings. The minimum Gasteiger partial charge on any atom is -0.477 e. The zero-order valence-electron chi connectivity index (χ0n) is 53.8. The summed E-state index contributed by atoms with van der Waals surface area (Å²) in [5, 5.41) is 9.74. The third-order valence-corrected chi connectivity index (χ3v) is 15.6. The third-order valence-electron chi connectivity index (χ3n) is 15.6. The number of likely N-dealkylation sites (N-methyl/N-ethyl adjacent to an activating group) is 1. The van der Waals surface area contributed by atoms with Gasteiger partial charge in [0.15, 0.2) is 6.10 Å². The number of quaternary nitrogens is 1. The van der Waals surface area contributed by atoms with E-state index < -0.39 is 24.3 Å². The molecule has 0 radical (unpaired) electrons. The molecule has 9 nitrogen and oxygen atoms in total. The van der Waals surface area contributed by atoms with Crippen LogP contribution in [0.25, 0.3) is 0 Å². The monoisotopic (exact) mass is 1130 g/mol. The lowest BCUT2D eigenvalue weighted by molar-refractivity contribution is -0.870. The Balaban J connectivity index is 4.09. The van der Waals surface area contributed by atoms with E-state index in [1.807, 2.05) is 21.1 Å². The second-order valence-corrected chi connectivity index (χ2v) is 24.8. The highest BCUT2D eigenvalue weighted by molar-refractivity contribution is 5.71. The highest BCUT2D eigenvalue weighted by atomic mass is 16.7. The molecule has 0 aromatic carbocycles. The lowest BCUT2D eigenvalue weighted by atomic mass is 10.0. The fraction of sp³-hybridized carbons (Fsp3) is 0.873. The molecule has 9 heteroatoms. The van der Waals surface area contributed by atoms with Crippen molar-refractivity contribution >= 4 is 17.9 Å². The molecule has 0 fully saturated rings. The molecule has 0 aromatic rings. The molecule has 0 aliphatic heterocycles. The number of allylic oxidation sites excluding steroid dienone is 6. The Morgan fingerprint density at radius 3 is 1.00 bits per heavy atom. The van der Waals surface area contributed by atoms with Gasteiger partial charge in [0.05, 0.1) is 34.4 Å². The molecule has 0 amide bonds. The van der Waals surface area contributed by atoms with Crippen LogP contribution in [0.5, 0.6) is 0 Å². The standard InChI is InChI=1S/C71H133NO8/c1-6-8-10-12-14-16-18-20-22-24-26-28-30-32-33-34-35-36-38-39-41-43-45-47-49-51-53-55-57-59-61-68(73)78-65-67(66-79-71(70(75)76)77-64-63-72(3,4)5)80-69(74)62-60-58-56-54-52-50-48-46-44-42-40-37-31-29-27-25-23-21-19-17-15-13-11-9-7-2/h19,21,25,27,31,37,67,71H,6-18,20,22-24,26,28-30,32-36,38-66H2,1-5H3/p+1/b21-19-,27-25-,37-31-. The molecule has 0 rings (SSSR count). The minimum atomic E-state index is -1.51. The van der Waals surface area contributed by atoms with E-state index in [-0.39, 0.29) is 32.2 Å². The average Bonchev–Trinajstić information content (AvgIpc) is 3.43. The molecule has 0 aliphatic carbocycles. The van der Waals surface area contributed by atoms with Crippen molar-refractivity contribution in [2.45, 2.75) is 354 Å². The summed E-state index contributed by atoms with van der Waals surface area (Å²) < 4.78 is 23.0. The van der Waals surface area contributed by atoms with E-state index in [2.05, 4.69) is 50.3 Å². The quantitative estimate of drug-likeness (QED) is 0.0211. The number of ether oxygens (including phenoxy) is 4. The predicted octanol–water partition coefficient (Wildman–Crippen LogP) is 21.2. The molecule has 0 bridgehead atoms. The van der Waals surface area contributed by atoms with Crippen LogP contribution in [0.1, 0.15) is 341 Å². The number of hydrogen-bond donors (Lipinski definition) is 1. The smallest absolute Gasteiger partial charge is 0.361 e. The van der Waals surface area contributed by atoms with Gasteiger partial charge in [0.1, 0.15) is 13.2 Å². The van der Waals surface area contributed by atoms with Crippen molar-refractivity contribution in [3.05, 3.63) is 36.5 Å². The van der Waals surface area contributed by atoms with Gasteiger partial charge in [0.25, 0.3) is 6.29 Å². The second-order valence-electron chi connectivity index (χ2n) is 24.8. The number of nitrogens with zero attached hydrogens (tertiary/aromatic N) is 1. The Bertz CT molecular complexity index is 1410. The lowest BCUT2D eigenvalue weighted by Crippen LogP contribution is -2.40. The summed E-state index contributed by atoms with van der Waals surface area (Å²) in [4.78, 5) is 37.6. The van der Waals surface area contributed by atoms with Gasteiger partial charge in [-0.1, -0.05) is 314 Å². The first-order valence-electron chi connectivity index (χ1n) is 34.7. The number of rotatable bonds is 65. The van der Waals surface area contributed by atoms with Crippen LogP contribution in [0.3, 0.4) is 0 Å². The van der Waals surface area contributed by atoms with E-state index in [1.54, 1.807) is 0 Å². The lowest BCUT2D eigenvalue weighted by Gasteiger charge is -2.25. The molecule has 0 aromatic heterocycles. The number of unbranched alkanes of at least 4 members (excludes halogenated alkanes) is 44. The van der Waals surface area contributed by atoms with Crippen molar-refractivity contribution in [2.75, 3.05) is 47.5 Å². The Morgan fingerprint density at radius 2 is 0.675 bits per heavy atom. The van der Waals surface area contributed by atoms with Gasteiger partial charge in [-0.15, -0.1) is 0 Å². The van der Waals surface area contributed by atoms with Crippen molar-refractivity contribution in [3.63, 3.8) is 0 Å². The Hall–Kier alpha value is -2.49. The summed E-state index contributed by atoms with van der Waals surface area (Å²) >= 11 is 0. The van der Waals surface area contributed by atoms with Gasteiger partial charge in [0, 0.05) is 12.8 Å². The summed E-state index contributed by atoms with van der Waals surface area (Å²) in [6.45, 7) is 4.92. The molecule has 0 saturated heterocycles. The number of carbonyl (C=O) groups excluding carboxylic acids is 2. The van der Waals surface area contributed by atoms with Gasteiger partial charge >= 0.3 is 17.9 Å². The van der Waals surface area contributed by atoms with Gasteiger partial charge in [-0.3, -0.25) is 9.59 Å². The Labute approximate surface area is 496 Å². The highest BCUT2D eigenvalue weighted by Gasteiger charge is 2.25. The summed E-state index contributed by atoms with van der Waals surface area (Å²) in [6, 6.07) is 0. The van der Waals surface area contributed by atoms with E-state index in [0.29, 0.717) is 17.4 Å². The number of esters is 2. The molecule has 2 unspecified atom stereocenters. The number of carboxylic acids is 1. The Morgan fingerprint density at radius 1 is 0.375 bits per heavy atom. The maximum absolute atomic E-state index is 12.9. The first-order valence-corrected chi connectivity index (χ1v) is 34.7. The van der Waals surface area contributed by atoms with Crippen LogP contribution in [0.2, 0.25) is 0 Å². The zero-order chi connectivity index (χ0) is 58.3. The summed E-state index contributed by atoms with van der Waals surface area (Å²) in [5.74, 6) is -1.99. The van der Waals surface area contributed by atoms with Gasteiger partial charge in [-0.25, -0.2) is 4.79 Å². The van der Waals surface area contributed by atoms with Gasteiger partial charge in [-0.2, -0.15) is 0 Å². The second kappa shape index (κ2) is 62.6. The molecule has 0 saturated carbocycles. The van der Waals surface area contributed by atoms with Crippen molar-refractivity contribution < 1.29 is 42.9 Å². The molecule has 2 atom stereocenters. The van der Waals surface area contributed by atoms with Crippen LogP contribution in [-0.2, 0) is 33.3 Å². The van der Waals surface area contributed by atoms with Crippen molar-refractivity contribution in [1.82, 2.24) is 0 Å². The van der Waals surface area contributed by atoms with Gasteiger partial charge in [0.2, 0.25) is 0 Å². The van der Waals surface area contributed by atoms with Crippen molar-refractivity contribution in [3.8, 4) is 0 Å². The maximum Gasteiger partial charge on any atom is 0.361 e. The number of carboxylic acid groups (broad SMARTS) is 1. The van der Waals surface area contributed by atoms with E-state index in [0.717, 1.165) is 57.8 Å². The zero-order valence-corrected chi connectivity index (χ0v) is 53.8. The van der Waals surface area contributed by atoms with Crippen LogP contribution < -0.4 is 0 Å². The Kier molecular flexibility index (Phi) is 60.6. The third kappa shape index (κ3) is 63.1. The van der Waals surface area contributed by atoms with E-state index in [4.69, 9.17) is 18.9 Å². The number of carbonyl (C=O) groups is 3. The SMILES string of the molecule is CCCCCCC/C=C\C/C=C\C/C=C\CCCCCCCCCCCCC(=O)OC(COC(=O)CCCCCCCCCCCCCCCCCCCCCCCCCCCCCCCC)COC(OCC[N+](C)(C)C)C(=O)O. The number of hydrogen-bond acceptors (Lipinski definition) is 7. The molecular formula is C71H134NO8+. The summed E-state index contributed by atoms with van der Waals surface area (Å²) in [7, 11) is 5.98. The highest BCUT2D eigenvalue weighted by Crippen LogP contribution is 2.19. The number of aliphatic carboxylic acids is 1. The molecule has 0 spiro atoms. The normalized spacial score (nSPS) is 12.9. The predicted molar refractivity (Wildman–Crippen MR) is 341 cm³/mol. The topological polar surface area (TPSA) is 108 Å². The van der Waals surface area contributed by atoms with E-state index in [1.165, 1.54) is 257 Å². The summed E-state index contributed by atoms with van der Waals surface area (Å²) in [5.41, 5.74) is 0. The van der Waals surface area contributed by atoms with Crippen LogP contribution in [-0.4, -0.2) is 87.4 Å². The van der Waals surface area contributed by atoms with Crippen LogP contribution in [0.15, 0.2) is 36.5 Å². The molecule has 470 valence electrons. The first kappa shape index (κ1) is 77.5. The minimum absolute atomic E-state index is 0.179. The van der Waals surface area contributed by atoms with E-state index in [9.17, 15) is 19.5 Å². The fourth-order valence-corrected chi connectivity index (χ4v) is 10.3. The molecular weight excluding hydrogens is 995 g/mol. The fourth-order valence-electron chi connectivity index (χ4n) is 10.3. The molecule has 80 heavy (non-hydrogen) atoms. The van der Waals surface area contributed by atoms with Gasteiger partial charge < -0.3 is 28.5 Å². The molecule has 0 heterocycles. The summed E-state index contributed by atoms with van der Waals surface area (Å²) in [6.07, 6.45) is 75.4. The first-order chi connectivity index (χ1) is 39.1. The van der Waals surface area contributed by atoms with Crippen molar-refractivity contribution in [1.29, 1.82) is 0 Å². The van der Waals surface area contributed by atoms with Crippen LogP contribution in [0.4, 0.5) is 0 Å².